The fourth-order valence-electron chi connectivity index (χ4n) is 3.29. The van der Waals surface area contributed by atoms with Gasteiger partial charge in [0.05, 0.1) is 11.1 Å². The van der Waals surface area contributed by atoms with Crippen molar-refractivity contribution in [3.05, 3.63) is 22.2 Å². The first-order valence-electron chi connectivity index (χ1n) is 9.91. The van der Waals surface area contributed by atoms with Gasteiger partial charge >= 0.3 is 0 Å². The van der Waals surface area contributed by atoms with Gasteiger partial charge in [-0.15, -0.1) is 12.4 Å². The van der Waals surface area contributed by atoms with Crippen molar-refractivity contribution in [3.63, 3.8) is 0 Å². The molecule has 0 aliphatic heterocycles. The highest BCUT2D eigenvalue weighted by atomic mass is 79.9. The van der Waals surface area contributed by atoms with Gasteiger partial charge in [0.2, 0.25) is 0 Å². The van der Waals surface area contributed by atoms with Crippen molar-refractivity contribution < 1.29 is 14.3 Å². The Hall–Kier alpha value is -0.980. The van der Waals surface area contributed by atoms with Crippen molar-refractivity contribution in [1.29, 1.82) is 0 Å². The van der Waals surface area contributed by atoms with Crippen molar-refractivity contribution in [3.8, 4) is 11.5 Å². The molecule has 160 valence electrons. The molecule has 2 rings (SSSR count). The highest BCUT2D eigenvalue weighted by molar-refractivity contribution is 9.10. The zero-order valence-electron chi connectivity index (χ0n) is 17.4. The topological polar surface area (TPSA) is 59.6 Å². The molecule has 1 aromatic carbocycles. The highest BCUT2D eigenvalue weighted by Crippen LogP contribution is 2.37. The number of hydrogen-bond donors (Lipinski definition) is 2. The van der Waals surface area contributed by atoms with Gasteiger partial charge in [-0.25, -0.2) is 0 Å². The molecule has 5 nitrogen and oxygen atoms in total. The van der Waals surface area contributed by atoms with Crippen molar-refractivity contribution in [2.75, 3.05) is 13.2 Å². The fraction of sp³-hybridized carbons (Fsp3) is 0.667. The largest absolute Gasteiger partial charge is 0.490 e. The average molecular weight is 478 g/mol. The van der Waals surface area contributed by atoms with E-state index in [0.29, 0.717) is 24.1 Å². The number of nitrogens with one attached hydrogen (secondary N) is 2. The lowest BCUT2D eigenvalue weighted by atomic mass is 9.95. The van der Waals surface area contributed by atoms with E-state index in [1.807, 2.05) is 39.8 Å². The fourth-order valence-corrected chi connectivity index (χ4v) is 3.89. The number of benzene rings is 1. The van der Waals surface area contributed by atoms with E-state index in [1.54, 1.807) is 0 Å². The average Bonchev–Trinajstić information content (AvgIpc) is 2.59. The van der Waals surface area contributed by atoms with E-state index in [2.05, 4.69) is 26.6 Å². The summed E-state index contributed by atoms with van der Waals surface area (Å²) in [5, 5.41) is 6.55. The maximum atomic E-state index is 12.1. The van der Waals surface area contributed by atoms with Crippen LogP contribution in [-0.2, 0) is 11.3 Å². The molecule has 7 heteroatoms. The van der Waals surface area contributed by atoms with Gasteiger partial charge < -0.3 is 20.1 Å². The molecule has 2 N–H and O–H groups in total. The standard InChI is InChI=1S/C21H33BrN2O3.ClH/c1-5-26-18-12-15(13-23-16-9-7-6-8-10-16)11-17(22)20(18)27-14-19(25)24-21(2,3)4;/h11-12,16,23H,5-10,13-14H2,1-4H3,(H,24,25);1H. The maximum Gasteiger partial charge on any atom is 0.258 e. The molecule has 28 heavy (non-hydrogen) atoms. The summed E-state index contributed by atoms with van der Waals surface area (Å²) < 4.78 is 12.3. The summed E-state index contributed by atoms with van der Waals surface area (Å²) in [5.41, 5.74) is 0.858. The van der Waals surface area contributed by atoms with Crippen LogP contribution in [0, 0.1) is 0 Å². The van der Waals surface area contributed by atoms with Gasteiger partial charge in [-0.2, -0.15) is 0 Å². The first kappa shape index (κ1) is 25.1. The van der Waals surface area contributed by atoms with E-state index in [1.165, 1.54) is 32.1 Å². The quantitative estimate of drug-likeness (QED) is 0.554. The Morgan fingerprint density at radius 3 is 2.46 bits per heavy atom. The molecule has 0 heterocycles. The lowest BCUT2D eigenvalue weighted by Gasteiger charge is -2.23. The maximum absolute atomic E-state index is 12.1. The van der Waals surface area contributed by atoms with Crippen LogP contribution in [0.3, 0.4) is 0 Å². The molecule has 0 unspecified atom stereocenters. The van der Waals surface area contributed by atoms with E-state index >= 15 is 0 Å². The van der Waals surface area contributed by atoms with E-state index < -0.39 is 0 Å². The van der Waals surface area contributed by atoms with Crippen LogP contribution in [0.25, 0.3) is 0 Å². The van der Waals surface area contributed by atoms with Crippen LogP contribution in [0.2, 0.25) is 0 Å². The van der Waals surface area contributed by atoms with Crippen LogP contribution in [0.4, 0.5) is 0 Å². The first-order valence-corrected chi connectivity index (χ1v) is 10.7. The van der Waals surface area contributed by atoms with Crippen LogP contribution in [-0.4, -0.2) is 30.7 Å². The minimum atomic E-state index is -0.283. The van der Waals surface area contributed by atoms with E-state index in [-0.39, 0.29) is 30.5 Å². The van der Waals surface area contributed by atoms with E-state index in [9.17, 15) is 4.79 Å². The number of carbonyl (C=O) groups excluding carboxylic acids is 1. The molecule has 1 aromatic rings. The Morgan fingerprint density at radius 1 is 1.18 bits per heavy atom. The minimum Gasteiger partial charge on any atom is -0.490 e. The molecular formula is C21H34BrClN2O3. The second kappa shape index (κ2) is 11.9. The van der Waals surface area contributed by atoms with Gasteiger partial charge in [-0.3, -0.25) is 4.79 Å². The molecule has 1 saturated carbocycles. The Bertz CT molecular complexity index is 629. The van der Waals surface area contributed by atoms with Crippen molar-refractivity contribution in [1.82, 2.24) is 10.6 Å². The third-order valence-electron chi connectivity index (χ3n) is 4.43. The third-order valence-corrected chi connectivity index (χ3v) is 5.02. The summed E-state index contributed by atoms with van der Waals surface area (Å²) in [6.45, 7) is 9.07. The summed E-state index contributed by atoms with van der Waals surface area (Å²) in [6, 6.07) is 4.64. The summed E-state index contributed by atoms with van der Waals surface area (Å²) in [4.78, 5) is 12.1. The highest BCUT2D eigenvalue weighted by Gasteiger charge is 2.18. The molecule has 0 aromatic heterocycles. The first-order chi connectivity index (χ1) is 12.8. The van der Waals surface area contributed by atoms with Crippen LogP contribution < -0.4 is 20.1 Å². The lowest BCUT2D eigenvalue weighted by molar-refractivity contribution is -0.124. The SMILES string of the molecule is CCOc1cc(CNC2CCCCC2)cc(Br)c1OCC(=O)NC(C)(C)C.Cl. The molecule has 0 spiro atoms. The second-order valence-electron chi connectivity index (χ2n) is 8.14. The van der Waals surface area contributed by atoms with Crippen molar-refractivity contribution in [2.45, 2.75) is 77.9 Å². The monoisotopic (exact) mass is 476 g/mol. The van der Waals surface area contributed by atoms with Gasteiger partial charge in [0.25, 0.3) is 5.91 Å². The molecule has 0 saturated heterocycles. The number of ether oxygens (including phenoxy) is 2. The number of amides is 1. The van der Waals surface area contributed by atoms with Crippen molar-refractivity contribution in [2.24, 2.45) is 0 Å². The van der Waals surface area contributed by atoms with Gasteiger partial charge in [0.15, 0.2) is 18.1 Å². The zero-order valence-corrected chi connectivity index (χ0v) is 19.8. The van der Waals surface area contributed by atoms with Crippen LogP contribution >= 0.6 is 28.3 Å². The molecule has 0 bridgehead atoms. The molecule has 1 amide bonds. The third kappa shape index (κ3) is 8.58. The van der Waals surface area contributed by atoms with Crippen LogP contribution in [0.15, 0.2) is 16.6 Å². The predicted molar refractivity (Wildman–Crippen MR) is 120 cm³/mol. The smallest absolute Gasteiger partial charge is 0.258 e. The Morgan fingerprint density at radius 2 is 1.86 bits per heavy atom. The molecule has 1 aliphatic rings. The lowest BCUT2D eigenvalue weighted by Crippen LogP contribution is -2.43. The normalized spacial score (nSPS) is 14.9. The van der Waals surface area contributed by atoms with Gasteiger partial charge in [0.1, 0.15) is 0 Å². The molecule has 0 atom stereocenters. The molecule has 1 aliphatic carbocycles. The summed E-state index contributed by atoms with van der Waals surface area (Å²) in [5.74, 6) is 1.08. The number of hydrogen-bond acceptors (Lipinski definition) is 4. The predicted octanol–water partition coefficient (Wildman–Crippen LogP) is 4.99. The number of carbonyl (C=O) groups is 1. The summed E-state index contributed by atoms with van der Waals surface area (Å²) in [6.07, 6.45) is 6.49. The van der Waals surface area contributed by atoms with Gasteiger partial charge in [0, 0.05) is 18.1 Å². The second-order valence-corrected chi connectivity index (χ2v) is 8.99. The molecular weight excluding hydrogens is 444 g/mol. The minimum absolute atomic E-state index is 0. The Labute approximate surface area is 183 Å². The van der Waals surface area contributed by atoms with Gasteiger partial charge in [-0.1, -0.05) is 19.3 Å². The van der Waals surface area contributed by atoms with Crippen molar-refractivity contribution >= 4 is 34.2 Å². The Kier molecular flexibility index (Phi) is 10.6. The van der Waals surface area contributed by atoms with Crippen LogP contribution in [0.5, 0.6) is 11.5 Å². The summed E-state index contributed by atoms with van der Waals surface area (Å²) >= 11 is 3.58. The Balaban J connectivity index is 0.00000392. The number of halogens is 2. The van der Waals surface area contributed by atoms with E-state index in [4.69, 9.17) is 9.47 Å². The van der Waals surface area contributed by atoms with Gasteiger partial charge in [-0.05, 0) is 74.2 Å². The van der Waals surface area contributed by atoms with E-state index in [0.717, 1.165) is 16.6 Å². The van der Waals surface area contributed by atoms with Crippen LogP contribution in [0.1, 0.15) is 65.4 Å². The molecule has 0 radical (unpaired) electrons. The zero-order chi connectivity index (χ0) is 19.9. The molecule has 1 fully saturated rings. The summed E-state index contributed by atoms with van der Waals surface area (Å²) in [7, 11) is 0. The number of rotatable bonds is 8.